The van der Waals surface area contributed by atoms with Gasteiger partial charge in [-0.3, -0.25) is 4.98 Å². The third kappa shape index (κ3) is 6.73. The van der Waals surface area contributed by atoms with E-state index in [1.165, 1.54) is 22.4 Å². The molecule has 0 saturated heterocycles. The minimum atomic E-state index is 0. The number of imidazole rings is 1. The van der Waals surface area contributed by atoms with Crippen molar-refractivity contribution in [3.8, 4) is 39.5 Å². The van der Waals surface area contributed by atoms with Gasteiger partial charge < -0.3 is 9.55 Å². The van der Waals surface area contributed by atoms with E-state index >= 15 is 0 Å². The molecule has 0 fully saturated rings. The SMILES string of the molecule is CC(C)c1ccccc1-n1c(-c2[c-]cccc2)nc2cc(-c3ccccc3)ccc21.[Ir].[c-]1ccccc1-c1ccccn1. The molecule has 0 aliphatic heterocycles. The van der Waals surface area contributed by atoms with Gasteiger partial charge in [0.05, 0.1) is 16.9 Å². The molecule has 7 aromatic rings. The summed E-state index contributed by atoms with van der Waals surface area (Å²) in [6.07, 6.45) is 1.79. The predicted octanol–water partition coefficient (Wildman–Crippen LogP) is 9.83. The minimum absolute atomic E-state index is 0. The molecule has 213 valence electrons. The summed E-state index contributed by atoms with van der Waals surface area (Å²) in [5, 5.41) is 0. The van der Waals surface area contributed by atoms with Crippen molar-refractivity contribution < 1.29 is 20.1 Å². The van der Waals surface area contributed by atoms with E-state index in [9.17, 15) is 0 Å². The van der Waals surface area contributed by atoms with Crippen molar-refractivity contribution in [2.45, 2.75) is 19.8 Å². The van der Waals surface area contributed by atoms with Gasteiger partial charge in [-0.1, -0.05) is 80.6 Å². The summed E-state index contributed by atoms with van der Waals surface area (Å²) in [7, 11) is 0. The maximum Gasteiger partial charge on any atom is 0.0780 e. The molecule has 1 radical (unpaired) electrons. The molecule has 0 saturated carbocycles. The molecular formula is C39H31IrN3-2. The monoisotopic (exact) mass is 734 g/mol. The number of para-hydroxylation sites is 1. The summed E-state index contributed by atoms with van der Waals surface area (Å²) >= 11 is 0. The van der Waals surface area contributed by atoms with E-state index in [0.717, 1.165) is 33.7 Å². The Morgan fingerprint density at radius 3 is 1.98 bits per heavy atom. The molecule has 0 aliphatic carbocycles. The van der Waals surface area contributed by atoms with Gasteiger partial charge >= 0.3 is 0 Å². The second kappa shape index (κ2) is 14.0. The molecule has 7 rings (SSSR count). The second-order valence-electron chi connectivity index (χ2n) is 10.3. The number of pyridine rings is 1. The smallest absolute Gasteiger partial charge is 0.0780 e. The molecule has 0 aliphatic rings. The van der Waals surface area contributed by atoms with Gasteiger partial charge in [-0.2, -0.15) is 0 Å². The molecule has 3 nitrogen and oxygen atoms in total. The fraction of sp³-hybridized carbons (Fsp3) is 0.0769. The maximum atomic E-state index is 5.08. The van der Waals surface area contributed by atoms with Crippen LogP contribution in [0.1, 0.15) is 25.3 Å². The summed E-state index contributed by atoms with van der Waals surface area (Å²) in [5.41, 5.74) is 9.95. The van der Waals surface area contributed by atoms with Gasteiger partial charge in [0, 0.05) is 32.0 Å². The van der Waals surface area contributed by atoms with E-state index in [0.29, 0.717) is 5.92 Å². The van der Waals surface area contributed by atoms with Crippen molar-refractivity contribution >= 4 is 11.0 Å². The molecule has 0 amide bonds. The Bertz CT molecular complexity index is 1840. The summed E-state index contributed by atoms with van der Waals surface area (Å²) in [6, 6.07) is 53.9. The number of rotatable bonds is 5. The van der Waals surface area contributed by atoms with Crippen LogP contribution in [0.4, 0.5) is 0 Å². The van der Waals surface area contributed by atoms with Gasteiger partial charge in [-0.15, -0.1) is 71.8 Å². The first-order valence-corrected chi connectivity index (χ1v) is 14.2. The molecule has 43 heavy (non-hydrogen) atoms. The molecule has 2 aromatic heterocycles. The van der Waals surface area contributed by atoms with Crippen LogP contribution in [-0.4, -0.2) is 14.5 Å². The number of benzene rings is 5. The second-order valence-corrected chi connectivity index (χ2v) is 10.3. The van der Waals surface area contributed by atoms with Crippen molar-refractivity contribution in [1.82, 2.24) is 14.5 Å². The van der Waals surface area contributed by atoms with Gasteiger partial charge in [0.15, 0.2) is 0 Å². The normalized spacial score (nSPS) is 10.6. The van der Waals surface area contributed by atoms with Gasteiger partial charge in [-0.25, -0.2) is 0 Å². The number of aromatic nitrogens is 3. The zero-order valence-corrected chi connectivity index (χ0v) is 26.5. The van der Waals surface area contributed by atoms with Crippen LogP contribution in [0.5, 0.6) is 0 Å². The molecular weight excluding hydrogens is 703 g/mol. The topological polar surface area (TPSA) is 30.7 Å². The molecule has 2 heterocycles. The average Bonchev–Trinajstić information content (AvgIpc) is 3.45. The molecule has 5 aromatic carbocycles. The average molecular weight is 734 g/mol. The summed E-state index contributed by atoms with van der Waals surface area (Å²) in [6.45, 7) is 4.47. The largest absolute Gasteiger partial charge is 0.333 e. The first-order valence-electron chi connectivity index (χ1n) is 14.2. The van der Waals surface area contributed by atoms with Crippen LogP contribution >= 0.6 is 0 Å². The van der Waals surface area contributed by atoms with Crippen molar-refractivity contribution in [3.63, 3.8) is 0 Å². The molecule has 0 unspecified atom stereocenters. The Hall–Kier alpha value is -4.63. The fourth-order valence-electron chi connectivity index (χ4n) is 5.10. The number of fused-ring (bicyclic) bond motifs is 1. The minimum Gasteiger partial charge on any atom is -0.333 e. The Labute approximate surface area is 267 Å². The van der Waals surface area contributed by atoms with Crippen molar-refractivity contribution in [3.05, 3.63) is 163 Å². The zero-order valence-electron chi connectivity index (χ0n) is 24.1. The maximum absolute atomic E-state index is 5.08. The van der Waals surface area contributed by atoms with Crippen molar-refractivity contribution in [2.75, 3.05) is 0 Å². The molecule has 0 atom stereocenters. The van der Waals surface area contributed by atoms with Crippen LogP contribution < -0.4 is 0 Å². The Balaban J connectivity index is 0.000000238. The van der Waals surface area contributed by atoms with Crippen molar-refractivity contribution in [2.24, 2.45) is 0 Å². The third-order valence-corrected chi connectivity index (χ3v) is 7.16. The predicted molar refractivity (Wildman–Crippen MR) is 173 cm³/mol. The summed E-state index contributed by atoms with van der Waals surface area (Å²) in [5.74, 6) is 1.33. The molecule has 0 bridgehead atoms. The Morgan fingerprint density at radius 1 is 0.628 bits per heavy atom. The van der Waals surface area contributed by atoms with E-state index in [2.05, 4.69) is 108 Å². The summed E-state index contributed by atoms with van der Waals surface area (Å²) < 4.78 is 2.28. The first-order chi connectivity index (χ1) is 20.7. The van der Waals surface area contributed by atoms with Gasteiger partial charge in [-0.05, 0) is 52.6 Å². The first kappa shape index (κ1) is 29.8. The van der Waals surface area contributed by atoms with E-state index in [4.69, 9.17) is 4.98 Å². The third-order valence-electron chi connectivity index (χ3n) is 7.16. The van der Waals surface area contributed by atoms with E-state index in [-0.39, 0.29) is 20.1 Å². The van der Waals surface area contributed by atoms with Crippen molar-refractivity contribution in [1.29, 1.82) is 0 Å². The van der Waals surface area contributed by atoms with Gasteiger partial charge in [0.1, 0.15) is 0 Å². The molecule has 0 spiro atoms. The number of nitrogens with zero attached hydrogens (tertiary/aromatic N) is 3. The zero-order chi connectivity index (χ0) is 28.7. The Kier molecular flexibility index (Phi) is 9.73. The summed E-state index contributed by atoms with van der Waals surface area (Å²) in [4.78, 5) is 9.30. The molecule has 4 heteroatoms. The molecule has 0 N–H and O–H groups in total. The van der Waals surface area contributed by atoms with E-state index in [1.807, 2.05) is 66.7 Å². The Morgan fingerprint density at radius 2 is 1.30 bits per heavy atom. The van der Waals surface area contributed by atoms with Crippen LogP contribution in [0.3, 0.4) is 0 Å². The van der Waals surface area contributed by atoms with E-state index < -0.39 is 0 Å². The standard InChI is InChI=1S/C28H23N2.C11H8N.Ir/c1-20(2)24-15-9-10-16-26(24)30-27-18-17-23(21-11-5-3-6-12-21)19-25(27)29-28(30)22-13-7-4-8-14-22;1-2-6-10(7-3-1)11-8-4-5-9-12-11;/h3-13,15-20H,1-2H3;1-6,8-9H;/q2*-1;. The number of hydrogen-bond donors (Lipinski definition) is 0. The fourth-order valence-corrected chi connectivity index (χ4v) is 5.10. The van der Waals surface area contributed by atoms with Crippen LogP contribution in [0.25, 0.3) is 50.5 Å². The van der Waals surface area contributed by atoms with Crippen LogP contribution in [-0.2, 0) is 20.1 Å². The van der Waals surface area contributed by atoms with Gasteiger partial charge in [0.25, 0.3) is 0 Å². The quantitative estimate of drug-likeness (QED) is 0.165. The van der Waals surface area contributed by atoms with Gasteiger partial charge in [0.2, 0.25) is 0 Å². The van der Waals surface area contributed by atoms with Crippen LogP contribution in [0.15, 0.2) is 146 Å². The number of hydrogen-bond acceptors (Lipinski definition) is 2. The van der Waals surface area contributed by atoms with Crippen LogP contribution in [0, 0.1) is 12.1 Å². The van der Waals surface area contributed by atoms with E-state index in [1.54, 1.807) is 6.20 Å². The van der Waals surface area contributed by atoms with Crippen LogP contribution in [0.2, 0.25) is 0 Å².